The van der Waals surface area contributed by atoms with Crippen molar-refractivity contribution >= 4 is 27.9 Å². The fraction of sp³-hybridized carbons (Fsp3) is 0.333. The molecule has 9 nitrogen and oxygen atoms in total. The smallest absolute Gasteiger partial charge is 0.137 e. The minimum Gasteiger partial charge on any atom is -0.397 e. The normalized spacial score (nSPS) is 14.7. The third-order valence-corrected chi connectivity index (χ3v) is 6.36. The largest absolute Gasteiger partial charge is 0.397 e. The number of nitrogens with one attached hydrogen (secondary N) is 3. The van der Waals surface area contributed by atoms with Crippen LogP contribution in [0.5, 0.6) is 0 Å². The maximum Gasteiger partial charge on any atom is 0.137 e. The van der Waals surface area contributed by atoms with Crippen LogP contribution in [0.25, 0.3) is 22.2 Å². The van der Waals surface area contributed by atoms with E-state index in [-0.39, 0.29) is 0 Å². The van der Waals surface area contributed by atoms with E-state index in [1.807, 2.05) is 31.4 Å². The first-order valence-electron chi connectivity index (χ1n) is 11.4. The van der Waals surface area contributed by atoms with Crippen LogP contribution in [0.3, 0.4) is 0 Å². The molecule has 1 saturated carbocycles. The van der Waals surface area contributed by atoms with Crippen LogP contribution in [-0.4, -0.2) is 38.2 Å². The van der Waals surface area contributed by atoms with Crippen molar-refractivity contribution in [1.29, 1.82) is 0 Å². The zero-order valence-corrected chi connectivity index (χ0v) is 18.9. The van der Waals surface area contributed by atoms with Crippen LogP contribution in [0.1, 0.15) is 36.1 Å². The zero-order chi connectivity index (χ0) is 22.8. The number of nitrogens with two attached hydrogens (primary N) is 2. The summed E-state index contributed by atoms with van der Waals surface area (Å²) in [6, 6.07) is 8.16. The maximum absolute atomic E-state index is 6.41. The van der Waals surface area contributed by atoms with Crippen molar-refractivity contribution in [2.24, 2.45) is 17.5 Å². The molecule has 3 heterocycles. The summed E-state index contributed by atoms with van der Waals surface area (Å²) in [5.74, 6) is 7.13. The molecule has 1 aliphatic rings. The number of H-pyrrole nitrogens is 1. The first kappa shape index (κ1) is 21.3. The van der Waals surface area contributed by atoms with E-state index < -0.39 is 0 Å². The highest BCUT2D eigenvalue weighted by Crippen LogP contribution is 2.26. The van der Waals surface area contributed by atoms with E-state index in [1.165, 1.54) is 24.8 Å². The molecule has 1 aliphatic carbocycles. The number of pyridine rings is 1. The molecule has 0 radical (unpaired) electrons. The van der Waals surface area contributed by atoms with E-state index >= 15 is 0 Å². The monoisotopic (exact) mass is 445 g/mol. The Labute approximate surface area is 192 Å². The number of nitrogens with zero attached hydrogens (tertiary/aromatic N) is 4. The van der Waals surface area contributed by atoms with E-state index in [0.717, 1.165) is 52.5 Å². The fourth-order valence-electron chi connectivity index (χ4n) is 4.30. The van der Waals surface area contributed by atoms with Gasteiger partial charge in [0.05, 0.1) is 29.6 Å². The van der Waals surface area contributed by atoms with Crippen LogP contribution in [0.4, 0.5) is 5.69 Å². The lowest BCUT2D eigenvalue weighted by Gasteiger charge is -2.25. The van der Waals surface area contributed by atoms with Gasteiger partial charge in [0.1, 0.15) is 5.65 Å². The lowest BCUT2D eigenvalue weighted by atomic mass is 9.85. The summed E-state index contributed by atoms with van der Waals surface area (Å²) in [5, 5.41) is 16.4. The lowest BCUT2D eigenvalue weighted by Crippen LogP contribution is -2.26. The van der Waals surface area contributed by atoms with Crippen molar-refractivity contribution in [1.82, 2.24) is 29.9 Å². The fourth-order valence-corrected chi connectivity index (χ4v) is 4.30. The quantitative estimate of drug-likeness (QED) is 0.198. The molecule has 0 saturated heterocycles. The van der Waals surface area contributed by atoms with Crippen molar-refractivity contribution < 1.29 is 0 Å². The molecule has 1 aromatic carbocycles. The molecule has 4 aromatic rings. The molecule has 0 spiro atoms. The van der Waals surface area contributed by atoms with E-state index in [1.54, 1.807) is 17.4 Å². The Kier molecular flexibility index (Phi) is 5.89. The number of anilines is 1. The average molecular weight is 446 g/mol. The Morgan fingerprint density at radius 1 is 1.30 bits per heavy atom. The van der Waals surface area contributed by atoms with Crippen LogP contribution in [0.2, 0.25) is 0 Å². The summed E-state index contributed by atoms with van der Waals surface area (Å²) in [6.07, 6.45) is 11.8. The number of benzene rings is 1. The zero-order valence-electron chi connectivity index (χ0n) is 18.9. The van der Waals surface area contributed by atoms with E-state index in [0.29, 0.717) is 12.2 Å². The highest BCUT2D eigenvalue weighted by Gasteiger charge is 2.16. The predicted octanol–water partition coefficient (Wildman–Crippen LogP) is 2.78. The van der Waals surface area contributed by atoms with Crippen molar-refractivity contribution in [2.75, 3.05) is 18.9 Å². The van der Waals surface area contributed by atoms with Gasteiger partial charge in [-0.25, -0.2) is 10.8 Å². The summed E-state index contributed by atoms with van der Waals surface area (Å²) in [4.78, 5) is 4.70. The third kappa shape index (κ3) is 4.64. The second kappa shape index (κ2) is 9.13. The lowest BCUT2D eigenvalue weighted by molar-refractivity contribution is 0.301. The highest BCUT2D eigenvalue weighted by molar-refractivity contribution is 5.93. The van der Waals surface area contributed by atoms with Crippen LogP contribution in [-0.2, 0) is 13.1 Å². The number of imidazole rings is 1. The maximum atomic E-state index is 6.41. The summed E-state index contributed by atoms with van der Waals surface area (Å²) >= 11 is 0. The van der Waals surface area contributed by atoms with Gasteiger partial charge in [0.15, 0.2) is 0 Å². The Balaban J connectivity index is 1.28. The Morgan fingerprint density at radius 2 is 2.18 bits per heavy atom. The van der Waals surface area contributed by atoms with Gasteiger partial charge in [0, 0.05) is 48.8 Å². The van der Waals surface area contributed by atoms with Crippen LogP contribution in [0.15, 0.2) is 49.1 Å². The molecule has 7 N–H and O–H groups in total. The summed E-state index contributed by atoms with van der Waals surface area (Å²) in [5.41, 5.74) is 12.7. The molecule has 33 heavy (non-hydrogen) atoms. The number of hydrogen-bond donors (Lipinski definition) is 5. The molecular weight excluding hydrogens is 414 g/mol. The Morgan fingerprint density at radius 3 is 2.97 bits per heavy atom. The van der Waals surface area contributed by atoms with Gasteiger partial charge in [-0.2, -0.15) is 5.10 Å². The minimum absolute atomic E-state index is 0.442. The molecule has 9 heteroatoms. The van der Waals surface area contributed by atoms with Crippen molar-refractivity contribution in [3.63, 3.8) is 0 Å². The number of aromatic amines is 1. The second-order valence-electron chi connectivity index (χ2n) is 8.82. The first-order valence-corrected chi connectivity index (χ1v) is 11.4. The predicted molar refractivity (Wildman–Crippen MR) is 132 cm³/mol. The number of aromatic nitrogens is 4. The van der Waals surface area contributed by atoms with Crippen LogP contribution in [0, 0.1) is 5.92 Å². The minimum atomic E-state index is 0.442. The van der Waals surface area contributed by atoms with Gasteiger partial charge in [0.2, 0.25) is 0 Å². The van der Waals surface area contributed by atoms with E-state index in [4.69, 9.17) is 16.6 Å². The molecule has 0 atom stereocenters. The average Bonchev–Trinajstić information content (AvgIpc) is 3.40. The standard InChI is InChI=1S/C24H31N9/c1-27-18-7-20(21-11-29-31-23(21)8-18)22(25)15-33(26)14-19-13-32-12-17(5-6-24(32)30-19)10-28-9-16-3-2-4-16/h5-8,11-13,15-16,27-28H,2-4,9-10,14,25-26H2,1H3,(H,29,31)/b22-15-. The summed E-state index contributed by atoms with van der Waals surface area (Å²) < 4.78 is 2.06. The Hall–Kier alpha value is -3.56. The molecule has 5 rings (SSSR count). The van der Waals surface area contributed by atoms with E-state index in [9.17, 15) is 0 Å². The van der Waals surface area contributed by atoms with Crippen LogP contribution >= 0.6 is 0 Å². The highest BCUT2D eigenvalue weighted by atomic mass is 15.4. The molecule has 0 aliphatic heterocycles. The number of hydrazine groups is 1. The Bertz CT molecular complexity index is 1280. The van der Waals surface area contributed by atoms with Gasteiger partial charge < -0.3 is 25.8 Å². The van der Waals surface area contributed by atoms with Gasteiger partial charge in [-0.1, -0.05) is 12.5 Å². The molecule has 0 unspecified atom stereocenters. The molecule has 0 bridgehead atoms. The summed E-state index contributed by atoms with van der Waals surface area (Å²) in [6.45, 7) is 2.42. The number of fused-ring (bicyclic) bond motifs is 2. The van der Waals surface area contributed by atoms with Gasteiger partial charge >= 0.3 is 0 Å². The van der Waals surface area contributed by atoms with Gasteiger partial charge in [0.25, 0.3) is 0 Å². The number of hydrogen-bond acceptors (Lipinski definition) is 7. The van der Waals surface area contributed by atoms with Crippen LogP contribution < -0.4 is 22.2 Å². The van der Waals surface area contributed by atoms with Gasteiger partial charge in [-0.05, 0) is 49.1 Å². The molecule has 1 fully saturated rings. The second-order valence-corrected chi connectivity index (χ2v) is 8.82. The van der Waals surface area contributed by atoms with E-state index in [2.05, 4.69) is 37.5 Å². The molecular formula is C24H31N9. The first-order chi connectivity index (χ1) is 16.1. The van der Waals surface area contributed by atoms with Crippen molar-refractivity contribution in [3.8, 4) is 0 Å². The SMILES string of the molecule is CNc1cc(/C(N)=C/N(N)Cc2cn3cc(CNCC4CCC4)ccc3n2)c2cn[nH]c2c1. The van der Waals surface area contributed by atoms with Crippen molar-refractivity contribution in [2.45, 2.75) is 32.4 Å². The molecule has 172 valence electrons. The summed E-state index contributed by atoms with van der Waals surface area (Å²) in [7, 11) is 1.87. The molecule has 3 aromatic heterocycles. The molecule has 0 amide bonds. The third-order valence-electron chi connectivity index (χ3n) is 6.36. The van der Waals surface area contributed by atoms with Crippen molar-refractivity contribution in [3.05, 3.63) is 65.9 Å². The number of rotatable bonds is 9. The topological polar surface area (TPSA) is 125 Å². The van der Waals surface area contributed by atoms with Gasteiger partial charge in [-0.15, -0.1) is 0 Å². The van der Waals surface area contributed by atoms with Gasteiger partial charge in [-0.3, -0.25) is 5.10 Å².